The largest absolute Gasteiger partial charge is 0.322 e. The number of nitrogens with one attached hydrogen (secondary N) is 1. The van der Waals surface area contributed by atoms with Crippen molar-refractivity contribution in [1.82, 2.24) is 4.90 Å². The number of halogens is 1. The van der Waals surface area contributed by atoms with Crippen LogP contribution in [0.15, 0.2) is 18.2 Å². The molecule has 0 aromatic heterocycles. The Labute approximate surface area is 112 Å². The smallest absolute Gasteiger partial charge is 0.311 e. The topological polar surface area (TPSA) is 56.1 Å². The summed E-state index contributed by atoms with van der Waals surface area (Å²) >= 11 is 5.98. The molecule has 0 heterocycles. The summed E-state index contributed by atoms with van der Waals surface area (Å²) in [5, 5.41) is 12.0. The molecule has 1 aromatic carbocycles. The third-order valence-corrected chi connectivity index (χ3v) is 2.87. The molecule has 0 atom stereocenters. The molecule has 0 saturated heterocycles. The fourth-order valence-corrected chi connectivity index (χ4v) is 1.66. The molecule has 1 rings (SSSR count). The molecular formula is C13H16ClN3O. The second-order valence-electron chi connectivity index (χ2n) is 3.97. The number of benzene rings is 1. The highest BCUT2D eigenvalue weighted by Crippen LogP contribution is 2.20. The van der Waals surface area contributed by atoms with E-state index in [1.165, 1.54) is 4.90 Å². The van der Waals surface area contributed by atoms with Crippen LogP contribution in [0.25, 0.3) is 0 Å². The molecule has 0 aliphatic carbocycles. The Bertz CT molecular complexity index is 468. The molecule has 2 amide bonds. The summed E-state index contributed by atoms with van der Waals surface area (Å²) in [6.45, 7) is 4.49. The van der Waals surface area contributed by atoms with Crippen molar-refractivity contribution in [2.24, 2.45) is 0 Å². The van der Waals surface area contributed by atoms with E-state index < -0.39 is 0 Å². The lowest BCUT2D eigenvalue weighted by molar-refractivity contribution is 0.218. The van der Waals surface area contributed by atoms with Crippen molar-refractivity contribution in [3.8, 4) is 6.07 Å². The number of anilines is 1. The predicted molar refractivity (Wildman–Crippen MR) is 72.7 cm³/mol. The number of amides is 2. The average Bonchev–Trinajstić information content (AvgIpc) is 2.33. The first-order valence-corrected chi connectivity index (χ1v) is 6.15. The van der Waals surface area contributed by atoms with Crippen molar-refractivity contribution in [2.45, 2.75) is 20.3 Å². The molecule has 0 unspecified atom stereocenters. The van der Waals surface area contributed by atoms with Gasteiger partial charge in [-0.25, -0.2) is 4.79 Å². The zero-order valence-electron chi connectivity index (χ0n) is 10.5. The summed E-state index contributed by atoms with van der Waals surface area (Å²) in [6, 6.07) is 7.03. The fraction of sp³-hybridized carbons (Fsp3) is 0.385. The Morgan fingerprint density at radius 3 is 2.83 bits per heavy atom. The molecule has 4 nitrogen and oxygen atoms in total. The quantitative estimate of drug-likeness (QED) is 0.848. The molecule has 1 aromatic rings. The van der Waals surface area contributed by atoms with E-state index in [1.807, 2.05) is 26.0 Å². The maximum Gasteiger partial charge on any atom is 0.322 e. The van der Waals surface area contributed by atoms with Crippen molar-refractivity contribution < 1.29 is 4.79 Å². The minimum atomic E-state index is -0.279. The number of hydrogen-bond acceptors (Lipinski definition) is 2. The number of aryl methyl sites for hydroxylation is 1. The van der Waals surface area contributed by atoms with Crippen molar-refractivity contribution >= 4 is 23.3 Å². The van der Waals surface area contributed by atoms with Crippen molar-refractivity contribution in [1.29, 1.82) is 5.26 Å². The molecule has 18 heavy (non-hydrogen) atoms. The number of hydrogen-bond donors (Lipinski definition) is 1. The minimum Gasteiger partial charge on any atom is -0.311 e. The third kappa shape index (κ3) is 3.94. The van der Waals surface area contributed by atoms with E-state index in [1.54, 1.807) is 12.1 Å². The van der Waals surface area contributed by atoms with E-state index in [9.17, 15) is 4.79 Å². The zero-order valence-corrected chi connectivity index (χ0v) is 11.3. The van der Waals surface area contributed by atoms with E-state index in [-0.39, 0.29) is 12.6 Å². The van der Waals surface area contributed by atoms with Gasteiger partial charge in [-0.2, -0.15) is 5.26 Å². The molecule has 0 bridgehead atoms. The first-order chi connectivity index (χ1) is 8.58. The Morgan fingerprint density at radius 1 is 1.56 bits per heavy atom. The molecule has 96 valence electrons. The number of carbonyl (C=O) groups excluding carboxylic acids is 1. The molecule has 1 N–H and O–H groups in total. The first-order valence-electron chi connectivity index (χ1n) is 5.77. The summed E-state index contributed by atoms with van der Waals surface area (Å²) in [5.41, 5.74) is 1.59. The van der Waals surface area contributed by atoms with Gasteiger partial charge in [0.05, 0.1) is 6.07 Å². The van der Waals surface area contributed by atoms with Crippen LogP contribution in [0.5, 0.6) is 0 Å². The summed E-state index contributed by atoms with van der Waals surface area (Å²) < 4.78 is 0. The summed E-state index contributed by atoms with van der Waals surface area (Å²) in [6.07, 6.45) is 0.809. The monoisotopic (exact) mass is 265 g/mol. The number of urea groups is 1. The molecular weight excluding hydrogens is 250 g/mol. The summed E-state index contributed by atoms with van der Waals surface area (Å²) in [4.78, 5) is 13.4. The van der Waals surface area contributed by atoms with Crippen LogP contribution in [0, 0.1) is 18.3 Å². The lowest BCUT2D eigenvalue weighted by Crippen LogP contribution is -2.35. The van der Waals surface area contributed by atoms with E-state index in [2.05, 4.69) is 5.32 Å². The second kappa shape index (κ2) is 6.87. The fourth-order valence-electron chi connectivity index (χ4n) is 1.48. The highest BCUT2D eigenvalue weighted by molar-refractivity contribution is 6.31. The van der Waals surface area contributed by atoms with Crippen LogP contribution in [0.1, 0.15) is 18.9 Å². The number of carbonyl (C=O) groups is 1. The predicted octanol–water partition coefficient (Wildman–Crippen LogP) is 3.42. The second-order valence-corrected chi connectivity index (χ2v) is 4.38. The van der Waals surface area contributed by atoms with E-state index in [0.717, 1.165) is 12.0 Å². The first kappa shape index (κ1) is 14.3. The lowest BCUT2D eigenvalue weighted by Gasteiger charge is -2.19. The van der Waals surface area contributed by atoms with Gasteiger partial charge in [-0.15, -0.1) is 0 Å². The minimum absolute atomic E-state index is 0.0826. The highest BCUT2D eigenvalue weighted by atomic mass is 35.5. The summed E-state index contributed by atoms with van der Waals surface area (Å²) in [7, 11) is 0. The van der Waals surface area contributed by atoms with Crippen LogP contribution >= 0.6 is 11.6 Å². The van der Waals surface area contributed by atoms with E-state index in [4.69, 9.17) is 16.9 Å². The van der Waals surface area contributed by atoms with Gasteiger partial charge in [0, 0.05) is 17.3 Å². The van der Waals surface area contributed by atoms with E-state index in [0.29, 0.717) is 17.3 Å². The Hall–Kier alpha value is -1.73. The van der Waals surface area contributed by atoms with Crippen LogP contribution in [-0.2, 0) is 0 Å². The molecule has 0 aliphatic rings. The summed E-state index contributed by atoms with van der Waals surface area (Å²) in [5.74, 6) is 0. The van der Waals surface area contributed by atoms with Crippen molar-refractivity contribution in [3.05, 3.63) is 28.8 Å². The molecule has 0 saturated carbocycles. The van der Waals surface area contributed by atoms with Crippen molar-refractivity contribution in [2.75, 3.05) is 18.4 Å². The van der Waals surface area contributed by atoms with Gasteiger partial charge in [0.25, 0.3) is 0 Å². The normalized spacial score (nSPS) is 9.67. The third-order valence-electron chi connectivity index (χ3n) is 2.47. The van der Waals surface area contributed by atoms with Crippen LogP contribution in [0.3, 0.4) is 0 Å². The van der Waals surface area contributed by atoms with Crippen LogP contribution in [0.4, 0.5) is 10.5 Å². The molecule has 0 radical (unpaired) electrons. The molecule has 0 aliphatic heterocycles. The van der Waals surface area contributed by atoms with Gasteiger partial charge in [-0.3, -0.25) is 0 Å². The van der Waals surface area contributed by atoms with Gasteiger partial charge in [-0.1, -0.05) is 24.6 Å². The van der Waals surface area contributed by atoms with Gasteiger partial charge >= 0.3 is 6.03 Å². The number of rotatable bonds is 4. The Morgan fingerprint density at radius 2 is 2.28 bits per heavy atom. The van der Waals surface area contributed by atoms with Crippen LogP contribution in [0.2, 0.25) is 5.02 Å². The number of nitriles is 1. The lowest BCUT2D eigenvalue weighted by atomic mass is 10.2. The highest BCUT2D eigenvalue weighted by Gasteiger charge is 2.12. The van der Waals surface area contributed by atoms with Crippen molar-refractivity contribution in [3.63, 3.8) is 0 Å². The number of nitrogens with zero attached hydrogens (tertiary/aromatic N) is 2. The maximum absolute atomic E-state index is 11.9. The van der Waals surface area contributed by atoms with E-state index >= 15 is 0 Å². The van der Waals surface area contributed by atoms with Gasteiger partial charge in [0.1, 0.15) is 6.54 Å². The maximum atomic E-state index is 11.9. The molecule has 0 spiro atoms. The molecule has 0 fully saturated rings. The zero-order chi connectivity index (χ0) is 13.5. The SMILES string of the molecule is CCCN(CC#N)C(=O)Nc1ccc(C)c(Cl)c1. The van der Waals surface area contributed by atoms with Gasteiger partial charge in [0.15, 0.2) is 0 Å². The standard InChI is InChI=1S/C13H16ClN3O/c1-3-7-17(8-6-15)13(18)16-11-5-4-10(2)12(14)9-11/h4-5,9H,3,7-8H2,1-2H3,(H,16,18). The average molecular weight is 266 g/mol. The van der Waals surface area contributed by atoms with Crippen LogP contribution < -0.4 is 5.32 Å². The van der Waals surface area contributed by atoms with Gasteiger partial charge < -0.3 is 10.2 Å². The Kier molecular flexibility index (Phi) is 5.47. The van der Waals surface area contributed by atoms with Gasteiger partial charge in [-0.05, 0) is 31.0 Å². The van der Waals surface area contributed by atoms with Crippen LogP contribution in [-0.4, -0.2) is 24.0 Å². The van der Waals surface area contributed by atoms with Gasteiger partial charge in [0.2, 0.25) is 0 Å². The molecule has 5 heteroatoms. The Balaban J connectivity index is 2.73.